The summed E-state index contributed by atoms with van der Waals surface area (Å²) >= 11 is 0. The highest BCUT2D eigenvalue weighted by molar-refractivity contribution is 5.71. The van der Waals surface area contributed by atoms with Crippen molar-refractivity contribution in [2.75, 3.05) is 19.1 Å². The van der Waals surface area contributed by atoms with Gasteiger partial charge in [-0.3, -0.25) is 0 Å². The zero-order chi connectivity index (χ0) is 21.1. The molecular formula is C25H24FNO3. The van der Waals surface area contributed by atoms with Crippen molar-refractivity contribution in [1.82, 2.24) is 0 Å². The van der Waals surface area contributed by atoms with Crippen LogP contribution in [0, 0.1) is 5.82 Å². The molecule has 1 aliphatic heterocycles. The summed E-state index contributed by atoms with van der Waals surface area (Å²) in [6.45, 7) is 0. The Kier molecular flexibility index (Phi) is 4.17. The van der Waals surface area contributed by atoms with Gasteiger partial charge in [0.2, 0.25) is 0 Å². The second-order valence-corrected chi connectivity index (χ2v) is 8.17. The van der Waals surface area contributed by atoms with Gasteiger partial charge < -0.3 is 19.8 Å². The molecule has 1 fully saturated rings. The highest BCUT2D eigenvalue weighted by Gasteiger charge is 2.73. The lowest BCUT2D eigenvalue weighted by molar-refractivity contribution is -0.0949. The van der Waals surface area contributed by atoms with Gasteiger partial charge in [0.1, 0.15) is 22.7 Å². The number of hydrogen-bond acceptors (Lipinski definition) is 4. The minimum Gasteiger partial charge on any atom is -0.497 e. The Hall–Kier alpha value is -2.89. The highest BCUT2D eigenvalue weighted by atomic mass is 19.1. The number of halogens is 1. The summed E-state index contributed by atoms with van der Waals surface area (Å²) in [5, 5.41) is 23.4. The second kappa shape index (κ2) is 6.56. The summed E-state index contributed by atoms with van der Waals surface area (Å²) in [7, 11) is 3.47. The van der Waals surface area contributed by atoms with Crippen LogP contribution in [0.4, 0.5) is 10.1 Å². The summed E-state index contributed by atoms with van der Waals surface area (Å²) in [5.74, 6) is -0.0771. The van der Waals surface area contributed by atoms with Gasteiger partial charge >= 0.3 is 0 Å². The van der Waals surface area contributed by atoms with Crippen LogP contribution in [0.5, 0.6) is 5.75 Å². The van der Waals surface area contributed by atoms with Crippen molar-refractivity contribution >= 4 is 5.69 Å². The van der Waals surface area contributed by atoms with E-state index in [1.54, 1.807) is 19.2 Å². The smallest absolute Gasteiger partial charge is 0.148 e. The van der Waals surface area contributed by atoms with Gasteiger partial charge in [-0.25, -0.2) is 4.39 Å². The van der Waals surface area contributed by atoms with Crippen LogP contribution in [0.1, 0.15) is 29.0 Å². The molecule has 0 aromatic heterocycles. The van der Waals surface area contributed by atoms with Crippen molar-refractivity contribution in [3.05, 3.63) is 95.3 Å². The summed E-state index contributed by atoms with van der Waals surface area (Å²) in [5.41, 5.74) is -0.345. The molecule has 3 aromatic carbocycles. The molecule has 0 saturated heterocycles. The summed E-state index contributed by atoms with van der Waals surface area (Å²) in [6.07, 6.45) is -0.824. The number of methoxy groups -OCH3 is 1. The Labute approximate surface area is 175 Å². The van der Waals surface area contributed by atoms with E-state index in [2.05, 4.69) is 0 Å². The molecule has 2 N–H and O–H groups in total. The van der Waals surface area contributed by atoms with Crippen LogP contribution in [0.25, 0.3) is 0 Å². The standard InChI is InChI=1S/C25H24FNO3/c1-27-21-10-6-9-20(26)23(21)25(29)22(28)15-19(16-7-4-3-5-8-16)24(25,27)17-11-13-18(30-2)14-12-17/h3-14,19,22,28-29H,15H2,1-2H3/t19-,22+,24-,25+/m0/s1. The van der Waals surface area contributed by atoms with Gasteiger partial charge in [-0.05, 0) is 41.8 Å². The first-order chi connectivity index (χ1) is 14.5. The van der Waals surface area contributed by atoms with Gasteiger partial charge in [0.25, 0.3) is 0 Å². The van der Waals surface area contributed by atoms with Crippen molar-refractivity contribution < 1.29 is 19.3 Å². The van der Waals surface area contributed by atoms with Crippen molar-refractivity contribution in [2.45, 2.75) is 29.6 Å². The predicted molar refractivity (Wildman–Crippen MR) is 113 cm³/mol. The van der Waals surface area contributed by atoms with Crippen LogP contribution in [0.15, 0.2) is 72.8 Å². The van der Waals surface area contributed by atoms with E-state index in [1.807, 2.05) is 66.5 Å². The molecular weight excluding hydrogens is 381 g/mol. The summed E-state index contributed by atoms with van der Waals surface area (Å²) in [4.78, 5) is 1.95. The van der Waals surface area contributed by atoms with Crippen LogP contribution < -0.4 is 9.64 Å². The number of fused-ring (bicyclic) bond motifs is 3. The van der Waals surface area contributed by atoms with Crippen molar-refractivity contribution in [3.8, 4) is 5.75 Å². The van der Waals surface area contributed by atoms with Crippen LogP contribution >= 0.6 is 0 Å². The molecule has 1 heterocycles. The first-order valence-electron chi connectivity index (χ1n) is 10.1. The fraction of sp³-hybridized carbons (Fsp3) is 0.280. The normalized spacial score (nSPS) is 29.6. The fourth-order valence-electron chi connectivity index (χ4n) is 5.81. The highest BCUT2D eigenvalue weighted by Crippen LogP contribution is 2.68. The van der Waals surface area contributed by atoms with Gasteiger partial charge in [-0.2, -0.15) is 0 Å². The van der Waals surface area contributed by atoms with E-state index < -0.39 is 23.1 Å². The molecule has 5 heteroatoms. The quantitative estimate of drug-likeness (QED) is 0.694. The van der Waals surface area contributed by atoms with E-state index in [4.69, 9.17) is 4.74 Å². The zero-order valence-electron chi connectivity index (χ0n) is 16.9. The number of likely N-dealkylation sites (N-methyl/N-ethyl adjacent to an activating group) is 1. The molecule has 0 spiro atoms. The maximum Gasteiger partial charge on any atom is 0.148 e. The van der Waals surface area contributed by atoms with Crippen LogP contribution in [-0.4, -0.2) is 30.5 Å². The molecule has 0 radical (unpaired) electrons. The lowest BCUT2D eigenvalue weighted by atomic mass is 9.69. The molecule has 1 aliphatic carbocycles. The average molecular weight is 405 g/mol. The predicted octanol–water partition coefficient (Wildman–Crippen LogP) is 3.92. The summed E-state index contributed by atoms with van der Waals surface area (Å²) < 4.78 is 20.5. The molecule has 0 unspecified atom stereocenters. The van der Waals surface area contributed by atoms with E-state index in [0.29, 0.717) is 17.9 Å². The second-order valence-electron chi connectivity index (χ2n) is 8.17. The van der Waals surface area contributed by atoms with E-state index in [9.17, 15) is 10.2 Å². The number of nitrogens with zero attached hydrogens (tertiary/aromatic N) is 1. The maximum absolute atomic E-state index is 15.1. The third kappa shape index (κ3) is 2.16. The minimum absolute atomic E-state index is 0.161. The van der Waals surface area contributed by atoms with Gasteiger partial charge in [0, 0.05) is 24.2 Å². The van der Waals surface area contributed by atoms with Gasteiger partial charge in [0.05, 0.1) is 13.2 Å². The molecule has 5 rings (SSSR count). The minimum atomic E-state index is -1.81. The molecule has 2 aliphatic rings. The average Bonchev–Trinajstić information content (AvgIpc) is 3.14. The Bertz CT molecular complexity index is 1090. The number of rotatable bonds is 3. The lowest BCUT2D eigenvalue weighted by Crippen LogP contribution is -2.56. The zero-order valence-corrected chi connectivity index (χ0v) is 16.9. The van der Waals surface area contributed by atoms with Gasteiger partial charge in [-0.1, -0.05) is 48.5 Å². The number of ether oxygens (including phenoxy) is 1. The molecule has 0 bridgehead atoms. The topological polar surface area (TPSA) is 52.9 Å². The third-order valence-corrected chi connectivity index (χ3v) is 7.02. The van der Waals surface area contributed by atoms with Crippen molar-refractivity contribution in [2.24, 2.45) is 0 Å². The number of aliphatic hydroxyl groups excluding tert-OH is 1. The van der Waals surface area contributed by atoms with E-state index in [1.165, 1.54) is 6.07 Å². The molecule has 1 saturated carbocycles. The van der Waals surface area contributed by atoms with Crippen LogP contribution in [0.3, 0.4) is 0 Å². The first-order valence-corrected chi connectivity index (χ1v) is 10.1. The summed E-state index contributed by atoms with van der Waals surface area (Å²) in [6, 6.07) is 22.1. The molecule has 0 amide bonds. The molecule has 3 aromatic rings. The van der Waals surface area contributed by atoms with Gasteiger partial charge in [0.15, 0.2) is 0 Å². The number of aliphatic hydroxyl groups is 2. The van der Waals surface area contributed by atoms with Crippen molar-refractivity contribution in [1.29, 1.82) is 0 Å². The Balaban J connectivity index is 1.85. The number of anilines is 1. The van der Waals surface area contributed by atoms with E-state index in [-0.39, 0.29) is 11.5 Å². The Morgan fingerprint density at radius 1 is 1.00 bits per heavy atom. The van der Waals surface area contributed by atoms with Crippen molar-refractivity contribution in [3.63, 3.8) is 0 Å². The molecule has 4 atom stereocenters. The molecule has 4 nitrogen and oxygen atoms in total. The third-order valence-electron chi connectivity index (χ3n) is 7.02. The fourth-order valence-corrected chi connectivity index (χ4v) is 5.81. The Morgan fingerprint density at radius 3 is 2.37 bits per heavy atom. The number of hydrogen-bond donors (Lipinski definition) is 2. The largest absolute Gasteiger partial charge is 0.497 e. The SMILES string of the molecule is COc1ccc([C@]23[C@H](c4ccccc4)C[C@@H](O)[C@@]2(O)c2c(F)cccc2N3C)cc1. The van der Waals surface area contributed by atoms with E-state index >= 15 is 4.39 Å². The molecule has 30 heavy (non-hydrogen) atoms. The van der Waals surface area contributed by atoms with Crippen LogP contribution in [-0.2, 0) is 11.1 Å². The first kappa shape index (κ1) is 19.1. The number of benzene rings is 3. The molecule has 154 valence electrons. The monoisotopic (exact) mass is 405 g/mol. The lowest BCUT2D eigenvalue weighted by Gasteiger charge is -2.47. The van der Waals surface area contributed by atoms with Crippen LogP contribution in [0.2, 0.25) is 0 Å². The maximum atomic E-state index is 15.1. The van der Waals surface area contributed by atoms with E-state index in [0.717, 1.165) is 11.1 Å². The van der Waals surface area contributed by atoms with Gasteiger partial charge in [-0.15, -0.1) is 0 Å². The Morgan fingerprint density at radius 2 is 1.70 bits per heavy atom.